The van der Waals surface area contributed by atoms with Crippen LogP contribution in [0.25, 0.3) is 0 Å². The number of benzene rings is 2. The quantitative estimate of drug-likeness (QED) is 0.805. The summed E-state index contributed by atoms with van der Waals surface area (Å²) in [6, 6.07) is 10.5. The van der Waals surface area contributed by atoms with E-state index in [1.807, 2.05) is 0 Å². The van der Waals surface area contributed by atoms with E-state index >= 15 is 0 Å². The summed E-state index contributed by atoms with van der Waals surface area (Å²) in [5.74, 6) is -0.803. The Kier molecular flexibility index (Phi) is 2.90. The van der Waals surface area contributed by atoms with Crippen molar-refractivity contribution in [2.45, 2.75) is 12.8 Å². The van der Waals surface area contributed by atoms with Crippen molar-refractivity contribution in [2.75, 3.05) is 0 Å². The van der Waals surface area contributed by atoms with Gasteiger partial charge >= 0.3 is 0 Å². The average molecular weight is 258 g/mol. The van der Waals surface area contributed by atoms with Gasteiger partial charge in [0.2, 0.25) is 0 Å². The van der Waals surface area contributed by atoms with E-state index in [4.69, 9.17) is 0 Å². The molecule has 0 N–H and O–H groups in total. The molecule has 0 aliphatic heterocycles. The zero-order chi connectivity index (χ0) is 13.4. The van der Waals surface area contributed by atoms with Crippen molar-refractivity contribution in [1.82, 2.24) is 0 Å². The lowest BCUT2D eigenvalue weighted by molar-refractivity contribution is 0.0936. The van der Waals surface area contributed by atoms with Crippen LogP contribution < -0.4 is 0 Å². The largest absolute Gasteiger partial charge is 0.294 e. The molecule has 0 radical (unpaired) electrons. The molecule has 3 heteroatoms. The minimum Gasteiger partial charge on any atom is -0.294 e. The third-order valence-electron chi connectivity index (χ3n) is 3.54. The Balaban J connectivity index is 1.84. The van der Waals surface area contributed by atoms with Crippen LogP contribution >= 0.6 is 0 Å². The van der Waals surface area contributed by atoms with Crippen molar-refractivity contribution >= 4 is 5.78 Å². The molecule has 0 saturated heterocycles. The number of carbonyl (C=O) groups excluding carboxylic acids is 1. The molecule has 2 aromatic rings. The van der Waals surface area contributed by atoms with Crippen LogP contribution in [0.15, 0.2) is 42.5 Å². The average Bonchev–Trinajstić information content (AvgIpc) is 2.66. The maximum absolute atomic E-state index is 13.1. The first-order valence-electron chi connectivity index (χ1n) is 6.20. The predicted molar refractivity (Wildman–Crippen MR) is 68.0 cm³/mol. The van der Waals surface area contributed by atoms with Crippen molar-refractivity contribution in [1.29, 1.82) is 0 Å². The number of halogens is 2. The maximum atomic E-state index is 13.1. The summed E-state index contributed by atoms with van der Waals surface area (Å²) in [5, 5.41) is 0. The lowest BCUT2D eigenvalue weighted by Crippen LogP contribution is -2.12. The highest BCUT2D eigenvalue weighted by atomic mass is 19.1. The van der Waals surface area contributed by atoms with E-state index < -0.39 is 0 Å². The van der Waals surface area contributed by atoms with Crippen LogP contribution in [0.1, 0.15) is 21.5 Å². The molecule has 0 aromatic heterocycles. The number of rotatable bonds is 2. The standard InChI is InChI=1S/C16H12F2O/c17-13-3-1-2-10(7-13)6-12-8-11-9-14(18)4-5-15(11)16(12)19/h1-5,7,9,12H,6,8H2. The third-order valence-corrected chi connectivity index (χ3v) is 3.54. The van der Waals surface area contributed by atoms with Crippen LogP contribution in [0.3, 0.4) is 0 Å². The van der Waals surface area contributed by atoms with E-state index in [9.17, 15) is 13.6 Å². The van der Waals surface area contributed by atoms with Crippen molar-refractivity contribution in [2.24, 2.45) is 5.92 Å². The normalized spacial score (nSPS) is 17.6. The molecule has 1 aliphatic rings. The lowest BCUT2D eigenvalue weighted by Gasteiger charge is -2.07. The molecule has 19 heavy (non-hydrogen) atoms. The van der Waals surface area contributed by atoms with Gasteiger partial charge < -0.3 is 0 Å². The number of hydrogen-bond donors (Lipinski definition) is 0. The van der Waals surface area contributed by atoms with Gasteiger partial charge in [-0.25, -0.2) is 8.78 Å². The van der Waals surface area contributed by atoms with Crippen molar-refractivity contribution < 1.29 is 13.6 Å². The predicted octanol–water partition coefficient (Wildman–Crippen LogP) is 3.56. The van der Waals surface area contributed by atoms with E-state index in [1.54, 1.807) is 18.2 Å². The van der Waals surface area contributed by atoms with Crippen LogP contribution in [-0.4, -0.2) is 5.78 Å². The Labute approximate surface area is 109 Å². The smallest absolute Gasteiger partial charge is 0.166 e. The number of ketones is 1. The van der Waals surface area contributed by atoms with Gasteiger partial charge in [-0.3, -0.25) is 4.79 Å². The Morgan fingerprint density at radius 1 is 1.05 bits per heavy atom. The highest BCUT2D eigenvalue weighted by molar-refractivity contribution is 6.02. The molecule has 0 heterocycles. The van der Waals surface area contributed by atoms with Gasteiger partial charge in [0, 0.05) is 11.5 Å². The molecule has 1 nitrogen and oxygen atoms in total. The second-order valence-electron chi connectivity index (χ2n) is 4.90. The van der Waals surface area contributed by atoms with Gasteiger partial charge in [-0.15, -0.1) is 0 Å². The first kappa shape index (κ1) is 12.0. The molecular weight excluding hydrogens is 246 g/mol. The molecule has 3 rings (SSSR count). The molecule has 0 fully saturated rings. The van der Waals surface area contributed by atoms with Gasteiger partial charge in [-0.1, -0.05) is 12.1 Å². The van der Waals surface area contributed by atoms with Crippen LogP contribution in [0.5, 0.6) is 0 Å². The minimum absolute atomic E-state index is 0.0271. The van der Waals surface area contributed by atoms with Gasteiger partial charge in [0.15, 0.2) is 5.78 Å². The van der Waals surface area contributed by atoms with Crippen LogP contribution in [0.4, 0.5) is 8.78 Å². The van der Waals surface area contributed by atoms with E-state index in [0.29, 0.717) is 18.4 Å². The zero-order valence-electron chi connectivity index (χ0n) is 10.2. The van der Waals surface area contributed by atoms with Crippen molar-refractivity contribution in [3.8, 4) is 0 Å². The topological polar surface area (TPSA) is 17.1 Å². The molecule has 0 saturated carbocycles. The van der Waals surface area contributed by atoms with Gasteiger partial charge in [0.05, 0.1) is 0 Å². The van der Waals surface area contributed by atoms with Gasteiger partial charge in [-0.05, 0) is 54.3 Å². The van der Waals surface area contributed by atoms with E-state index in [1.165, 1.54) is 24.3 Å². The Morgan fingerprint density at radius 3 is 2.63 bits per heavy atom. The monoisotopic (exact) mass is 258 g/mol. The van der Waals surface area contributed by atoms with Gasteiger partial charge in [0.25, 0.3) is 0 Å². The highest BCUT2D eigenvalue weighted by Gasteiger charge is 2.30. The summed E-state index contributed by atoms with van der Waals surface area (Å²) in [5.41, 5.74) is 2.15. The highest BCUT2D eigenvalue weighted by Crippen LogP contribution is 2.29. The molecular formula is C16H12F2O. The molecule has 96 valence electrons. The molecule has 1 atom stereocenters. The minimum atomic E-state index is -0.321. The summed E-state index contributed by atoms with van der Waals surface area (Å²) in [4.78, 5) is 12.2. The van der Waals surface area contributed by atoms with Crippen molar-refractivity contribution in [3.63, 3.8) is 0 Å². The summed E-state index contributed by atoms with van der Waals surface area (Å²) in [6.45, 7) is 0. The van der Waals surface area contributed by atoms with E-state index in [-0.39, 0.29) is 23.3 Å². The Bertz CT molecular complexity index is 649. The number of Topliss-reactive ketones (excluding diaryl/α,β-unsaturated/α-hetero) is 1. The summed E-state index contributed by atoms with van der Waals surface area (Å²) in [6.07, 6.45) is 1.02. The van der Waals surface area contributed by atoms with Crippen LogP contribution in [0.2, 0.25) is 0 Å². The number of fused-ring (bicyclic) bond motifs is 1. The Hall–Kier alpha value is -2.03. The van der Waals surface area contributed by atoms with Gasteiger partial charge in [0.1, 0.15) is 11.6 Å². The molecule has 1 unspecified atom stereocenters. The second kappa shape index (κ2) is 4.57. The molecule has 1 aliphatic carbocycles. The summed E-state index contributed by atoms with van der Waals surface area (Å²) >= 11 is 0. The SMILES string of the molecule is O=C1c2ccc(F)cc2CC1Cc1cccc(F)c1. The van der Waals surface area contributed by atoms with Gasteiger partial charge in [-0.2, -0.15) is 0 Å². The summed E-state index contributed by atoms with van der Waals surface area (Å²) < 4.78 is 26.3. The van der Waals surface area contributed by atoms with E-state index in [0.717, 1.165) is 11.1 Å². The second-order valence-corrected chi connectivity index (χ2v) is 4.90. The molecule has 0 amide bonds. The summed E-state index contributed by atoms with van der Waals surface area (Å²) in [7, 11) is 0. The molecule has 0 spiro atoms. The molecule has 2 aromatic carbocycles. The Morgan fingerprint density at radius 2 is 1.84 bits per heavy atom. The van der Waals surface area contributed by atoms with Crippen molar-refractivity contribution in [3.05, 3.63) is 70.8 Å². The number of carbonyl (C=O) groups is 1. The zero-order valence-corrected chi connectivity index (χ0v) is 10.2. The first-order valence-corrected chi connectivity index (χ1v) is 6.20. The maximum Gasteiger partial charge on any atom is 0.166 e. The fourth-order valence-electron chi connectivity index (χ4n) is 2.66. The fourth-order valence-corrected chi connectivity index (χ4v) is 2.66. The van der Waals surface area contributed by atoms with Crippen LogP contribution in [-0.2, 0) is 12.8 Å². The first-order chi connectivity index (χ1) is 9.13. The third kappa shape index (κ3) is 2.28. The molecule has 0 bridgehead atoms. The number of hydrogen-bond acceptors (Lipinski definition) is 1. The fraction of sp³-hybridized carbons (Fsp3) is 0.188. The lowest BCUT2D eigenvalue weighted by atomic mass is 9.96. The van der Waals surface area contributed by atoms with Crippen LogP contribution in [0, 0.1) is 17.6 Å². The van der Waals surface area contributed by atoms with E-state index in [2.05, 4.69) is 0 Å².